The van der Waals surface area contributed by atoms with Crippen LogP contribution in [0.1, 0.15) is 194 Å². The van der Waals surface area contributed by atoms with Gasteiger partial charge >= 0.3 is 19.8 Å². The molecule has 0 amide bonds. The summed E-state index contributed by atoms with van der Waals surface area (Å²) < 4.78 is 26.4. The highest BCUT2D eigenvalue weighted by atomic mass is 31.2. The number of phosphoric ester groups is 1. The smallest absolute Gasteiger partial charge is 0.462 e. The summed E-state index contributed by atoms with van der Waals surface area (Å²) in [6, 6.07) is 0. The van der Waals surface area contributed by atoms with E-state index < -0.39 is 50.8 Å². The fraction of sp³-hybridized carbons (Fsp3) is 0.864. The van der Waals surface area contributed by atoms with Gasteiger partial charge in [-0.25, -0.2) is 4.57 Å². The molecule has 0 saturated heterocycles. The van der Waals surface area contributed by atoms with Crippen molar-refractivity contribution in [3.8, 4) is 0 Å². The topological polar surface area (TPSA) is 180 Å². The molecule has 0 spiro atoms. The molecule has 0 bridgehead atoms. The number of aliphatic hydroxyl groups is 3. The van der Waals surface area contributed by atoms with Gasteiger partial charge in [-0.3, -0.25) is 14.1 Å². The molecule has 1 saturated carbocycles. The highest BCUT2D eigenvalue weighted by Gasteiger charge is 2.39. The Morgan fingerprint density at radius 3 is 1.75 bits per heavy atom. The van der Waals surface area contributed by atoms with E-state index >= 15 is 0 Å². The first-order valence-electron chi connectivity index (χ1n) is 22.4. The molecule has 0 aromatic heterocycles. The number of allylic oxidation sites excluding steroid dienone is 2. The van der Waals surface area contributed by atoms with Crippen molar-refractivity contribution in [3.63, 3.8) is 0 Å². The second-order valence-electron chi connectivity index (χ2n) is 16.0. The Morgan fingerprint density at radius 2 is 1.20 bits per heavy atom. The normalized spacial score (nSPS) is 19.9. The number of esters is 2. The van der Waals surface area contributed by atoms with Gasteiger partial charge in [-0.1, -0.05) is 167 Å². The Kier molecular flexibility index (Phi) is 32.1. The van der Waals surface area contributed by atoms with Crippen molar-refractivity contribution in [2.45, 2.75) is 218 Å². The summed E-state index contributed by atoms with van der Waals surface area (Å²) in [6.45, 7) is 3.40. The standard InChI is InChI=1S/C44H81O11P/c1-3-5-7-8-9-10-11-12-13-14-15-16-17-18-19-20-21-26-30-43(48)53-35-38(36-54-56(50,51)52)55-44(49)31-27-23-22-25-29-39-40(42(47)34-41(39)46)33-32-37(45)28-24-6-4-2/h22,25,32-33,37-42,45-47H,3-21,23-24,26-31,34-36H2,1-2H3,(H2,50,51,52)/b25-22+,33-32+/t37-,38+,39+,40+,41-,42+/m0/s1. The average molecular weight is 817 g/mol. The number of ether oxygens (including phenoxy) is 2. The van der Waals surface area contributed by atoms with E-state index in [0.29, 0.717) is 32.1 Å². The van der Waals surface area contributed by atoms with Crippen LogP contribution in [0.15, 0.2) is 24.3 Å². The van der Waals surface area contributed by atoms with Crippen LogP contribution in [0.3, 0.4) is 0 Å². The van der Waals surface area contributed by atoms with Crippen LogP contribution in [0.5, 0.6) is 0 Å². The van der Waals surface area contributed by atoms with Crippen LogP contribution in [0, 0.1) is 11.8 Å². The number of carbonyl (C=O) groups is 2. The molecule has 328 valence electrons. The number of carbonyl (C=O) groups excluding carboxylic acids is 2. The second kappa shape index (κ2) is 34.3. The van der Waals surface area contributed by atoms with Gasteiger partial charge in [-0.15, -0.1) is 0 Å². The summed E-state index contributed by atoms with van der Waals surface area (Å²) in [5.74, 6) is -1.49. The SMILES string of the molecule is CCCCCCCCCCCCCCCCCCCCC(=O)OC[C@H](COP(=O)(O)O)OC(=O)CCC/C=C/C[C@@H]1[C@@H](/C=C/[C@@H](O)CCCCC)[C@H](O)C[C@@H]1O. The Balaban J connectivity index is 2.24. The first-order valence-corrected chi connectivity index (χ1v) is 23.9. The average Bonchev–Trinajstić information content (AvgIpc) is 3.42. The minimum absolute atomic E-state index is 0.0378. The zero-order chi connectivity index (χ0) is 41.3. The molecule has 1 aliphatic rings. The van der Waals surface area contributed by atoms with Gasteiger partial charge in [0.2, 0.25) is 0 Å². The molecule has 0 aliphatic heterocycles. The molecular formula is C44H81O11P. The van der Waals surface area contributed by atoms with Gasteiger partial charge in [0.1, 0.15) is 6.61 Å². The third-order valence-corrected chi connectivity index (χ3v) is 11.3. The van der Waals surface area contributed by atoms with Gasteiger partial charge in [0.15, 0.2) is 6.10 Å². The number of rotatable bonds is 37. The molecule has 0 heterocycles. The monoisotopic (exact) mass is 817 g/mol. The minimum atomic E-state index is -4.82. The van der Waals surface area contributed by atoms with Crippen molar-refractivity contribution in [3.05, 3.63) is 24.3 Å². The van der Waals surface area contributed by atoms with E-state index in [1.54, 1.807) is 6.08 Å². The number of aliphatic hydroxyl groups excluding tert-OH is 3. The maximum Gasteiger partial charge on any atom is 0.469 e. The van der Waals surface area contributed by atoms with E-state index in [9.17, 15) is 29.5 Å². The highest BCUT2D eigenvalue weighted by molar-refractivity contribution is 7.46. The zero-order valence-corrected chi connectivity index (χ0v) is 36.0. The lowest BCUT2D eigenvalue weighted by Crippen LogP contribution is -2.29. The predicted molar refractivity (Wildman–Crippen MR) is 223 cm³/mol. The number of hydrogen-bond acceptors (Lipinski definition) is 9. The Morgan fingerprint density at radius 1 is 0.679 bits per heavy atom. The van der Waals surface area contributed by atoms with Gasteiger partial charge in [-0.2, -0.15) is 0 Å². The summed E-state index contributed by atoms with van der Waals surface area (Å²) in [5.41, 5.74) is 0. The van der Waals surface area contributed by atoms with Crippen LogP contribution < -0.4 is 0 Å². The summed E-state index contributed by atoms with van der Waals surface area (Å²) in [6.07, 6.45) is 32.8. The Hall–Kier alpha value is -1.59. The van der Waals surface area contributed by atoms with E-state index in [0.717, 1.165) is 38.5 Å². The van der Waals surface area contributed by atoms with Crippen molar-refractivity contribution in [2.24, 2.45) is 11.8 Å². The van der Waals surface area contributed by atoms with Crippen molar-refractivity contribution in [2.75, 3.05) is 13.2 Å². The molecule has 0 aromatic carbocycles. The molecule has 6 atom stereocenters. The molecule has 0 radical (unpaired) electrons. The van der Waals surface area contributed by atoms with Gasteiger partial charge in [0.25, 0.3) is 0 Å². The Labute approximate surface area is 339 Å². The third kappa shape index (κ3) is 29.6. The van der Waals surface area contributed by atoms with Gasteiger partial charge in [0, 0.05) is 25.2 Å². The number of phosphoric acid groups is 1. The lowest BCUT2D eigenvalue weighted by molar-refractivity contribution is -0.161. The molecule has 1 rings (SSSR count). The predicted octanol–water partition coefficient (Wildman–Crippen LogP) is 9.95. The van der Waals surface area contributed by atoms with E-state index in [4.69, 9.17) is 19.3 Å². The van der Waals surface area contributed by atoms with Crippen molar-refractivity contribution < 1.29 is 53.3 Å². The highest BCUT2D eigenvalue weighted by Crippen LogP contribution is 2.37. The maximum absolute atomic E-state index is 12.5. The molecule has 0 aromatic rings. The van der Waals surface area contributed by atoms with E-state index in [1.807, 2.05) is 18.2 Å². The minimum Gasteiger partial charge on any atom is -0.462 e. The Bertz CT molecular complexity index is 1080. The molecule has 11 nitrogen and oxygen atoms in total. The number of unbranched alkanes of at least 4 members (excludes halogenated alkanes) is 20. The summed E-state index contributed by atoms with van der Waals surface area (Å²) >= 11 is 0. The largest absolute Gasteiger partial charge is 0.469 e. The third-order valence-electron chi connectivity index (χ3n) is 10.8. The van der Waals surface area contributed by atoms with E-state index in [2.05, 4.69) is 18.4 Å². The molecule has 1 fully saturated rings. The molecule has 0 unspecified atom stereocenters. The quantitative estimate of drug-likeness (QED) is 0.0174. The lowest BCUT2D eigenvalue weighted by Gasteiger charge is -2.19. The fourth-order valence-electron chi connectivity index (χ4n) is 7.37. The molecule has 12 heteroatoms. The van der Waals surface area contributed by atoms with Crippen LogP contribution in [0.2, 0.25) is 0 Å². The van der Waals surface area contributed by atoms with Crippen molar-refractivity contribution in [1.82, 2.24) is 0 Å². The zero-order valence-electron chi connectivity index (χ0n) is 35.1. The van der Waals surface area contributed by atoms with Crippen LogP contribution in [-0.2, 0) is 28.2 Å². The van der Waals surface area contributed by atoms with Crippen LogP contribution in [-0.4, -0.2) is 74.7 Å². The van der Waals surface area contributed by atoms with E-state index in [1.165, 1.54) is 89.9 Å². The molecular weight excluding hydrogens is 735 g/mol. The number of hydrogen-bond donors (Lipinski definition) is 5. The summed E-state index contributed by atoms with van der Waals surface area (Å²) in [4.78, 5) is 43.1. The maximum atomic E-state index is 12.5. The molecule has 1 aliphatic carbocycles. The van der Waals surface area contributed by atoms with Crippen LogP contribution in [0.4, 0.5) is 0 Å². The van der Waals surface area contributed by atoms with E-state index in [-0.39, 0.29) is 37.7 Å². The first-order chi connectivity index (χ1) is 27.0. The lowest BCUT2D eigenvalue weighted by atomic mass is 9.89. The van der Waals surface area contributed by atoms with Crippen molar-refractivity contribution >= 4 is 19.8 Å². The molecule has 5 N–H and O–H groups in total. The first kappa shape index (κ1) is 52.4. The van der Waals surface area contributed by atoms with Crippen LogP contribution >= 0.6 is 7.82 Å². The fourth-order valence-corrected chi connectivity index (χ4v) is 7.73. The molecule has 56 heavy (non-hydrogen) atoms. The van der Waals surface area contributed by atoms with Crippen molar-refractivity contribution in [1.29, 1.82) is 0 Å². The van der Waals surface area contributed by atoms with Crippen LogP contribution in [0.25, 0.3) is 0 Å². The second-order valence-corrected chi connectivity index (χ2v) is 17.2. The van der Waals surface area contributed by atoms with Gasteiger partial charge < -0.3 is 34.6 Å². The summed E-state index contributed by atoms with van der Waals surface area (Å²) in [7, 11) is -4.82. The van der Waals surface area contributed by atoms with Gasteiger partial charge in [-0.05, 0) is 38.0 Å². The summed E-state index contributed by atoms with van der Waals surface area (Å²) in [5, 5.41) is 31.2. The van der Waals surface area contributed by atoms with Gasteiger partial charge in [0.05, 0.1) is 24.9 Å².